The van der Waals surface area contributed by atoms with Crippen LogP contribution in [-0.4, -0.2) is 51.4 Å². The number of ether oxygens (including phenoxy) is 1. The zero-order valence-electron chi connectivity index (χ0n) is 16.7. The van der Waals surface area contributed by atoms with Crippen LogP contribution in [0.2, 0.25) is 0 Å². The number of piperidine rings is 1. The molecule has 1 saturated heterocycles. The van der Waals surface area contributed by atoms with Crippen LogP contribution in [0.5, 0.6) is 5.75 Å². The summed E-state index contributed by atoms with van der Waals surface area (Å²) in [6.45, 7) is 6.08. The molecule has 2 aromatic rings. The summed E-state index contributed by atoms with van der Waals surface area (Å²) in [6, 6.07) is 8.56. The normalized spacial score (nSPS) is 16.9. The molecule has 4 rings (SSSR count). The molecule has 1 fully saturated rings. The standard InChI is InChI=1S/C21H31N5O.H2O/c1-3-12-25(13-4-1)17-18-8-6-9-19(16-18)27-15-7-11-22-21-24-23-20-10-2-5-14-26(20)21;/h6,8-9,16H,1-5,7,10-15,17H2,(H,22,24);1H2. The van der Waals surface area contributed by atoms with Gasteiger partial charge in [-0.3, -0.25) is 9.47 Å². The number of nitrogens with one attached hydrogen (secondary N) is 1. The summed E-state index contributed by atoms with van der Waals surface area (Å²) >= 11 is 0. The lowest BCUT2D eigenvalue weighted by molar-refractivity contribution is 0.220. The van der Waals surface area contributed by atoms with Crippen molar-refractivity contribution < 1.29 is 10.2 Å². The molecule has 1 aromatic carbocycles. The summed E-state index contributed by atoms with van der Waals surface area (Å²) in [6.07, 6.45) is 8.48. The fourth-order valence-corrected chi connectivity index (χ4v) is 4.01. The number of anilines is 1. The van der Waals surface area contributed by atoms with Crippen molar-refractivity contribution in [3.63, 3.8) is 0 Å². The van der Waals surface area contributed by atoms with E-state index < -0.39 is 0 Å². The number of benzene rings is 1. The Morgan fingerprint density at radius 2 is 1.86 bits per heavy atom. The molecule has 0 spiro atoms. The lowest BCUT2D eigenvalue weighted by Crippen LogP contribution is -2.29. The summed E-state index contributed by atoms with van der Waals surface area (Å²) in [5, 5.41) is 12.0. The Hall–Kier alpha value is -2.12. The van der Waals surface area contributed by atoms with E-state index >= 15 is 0 Å². The van der Waals surface area contributed by atoms with Gasteiger partial charge in [-0.15, -0.1) is 10.2 Å². The SMILES string of the molecule is O.c1cc(CN2CCCCC2)cc(OCCCNc2nnc3n2CCCC3)c1. The number of hydrogen-bond donors (Lipinski definition) is 1. The molecule has 0 bridgehead atoms. The van der Waals surface area contributed by atoms with Gasteiger partial charge >= 0.3 is 0 Å². The molecule has 7 heteroatoms. The van der Waals surface area contributed by atoms with Crippen LogP contribution in [0.25, 0.3) is 0 Å². The maximum Gasteiger partial charge on any atom is 0.224 e. The van der Waals surface area contributed by atoms with Crippen LogP contribution in [0, 0.1) is 0 Å². The second-order valence-electron chi connectivity index (χ2n) is 7.66. The van der Waals surface area contributed by atoms with E-state index in [2.05, 4.69) is 49.2 Å². The molecule has 28 heavy (non-hydrogen) atoms. The summed E-state index contributed by atoms with van der Waals surface area (Å²) in [5.74, 6) is 3.00. The Labute approximate surface area is 167 Å². The molecule has 0 unspecified atom stereocenters. The van der Waals surface area contributed by atoms with E-state index in [-0.39, 0.29) is 5.48 Å². The van der Waals surface area contributed by atoms with Crippen LogP contribution in [0.1, 0.15) is 49.9 Å². The van der Waals surface area contributed by atoms with Crippen LogP contribution < -0.4 is 10.1 Å². The summed E-state index contributed by atoms with van der Waals surface area (Å²) in [7, 11) is 0. The molecule has 2 aliphatic heterocycles. The van der Waals surface area contributed by atoms with Gasteiger partial charge in [-0.2, -0.15) is 0 Å². The molecule has 3 N–H and O–H groups in total. The first-order chi connectivity index (χ1) is 13.4. The number of likely N-dealkylation sites (tertiary alicyclic amines) is 1. The average Bonchev–Trinajstić information content (AvgIpc) is 3.12. The second kappa shape index (κ2) is 10.4. The van der Waals surface area contributed by atoms with Crippen molar-refractivity contribution in [3.05, 3.63) is 35.7 Å². The van der Waals surface area contributed by atoms with Crippen molar-refractivity contribution in [2.24, 2.45) is 0 Å². The van der Waals surface area contributed by atoms with Crippen molar-refractivity contribution in [3.8, 4) is 5.75 Å². The van der Waals surface area contributed by atoms with E-state index in [9.17, 15) is 0 Å². The molecule has 0 amide bonds. The first-order valence-electron chi connectivity index (χ1n) is 10.5. The highest BCUT2D eigenvalue weighted by Crippen LogP contribution is 2.19. The van der Waals surface area contributed by atoms with E-state index in [1.807, 2.05) is 0 Å². The molecule has 0 atom stereocenters. The van der Waals surface area contributed by atoms with Gasteiger partial charge in [0, 0.05) is 26.1 Å². The highest BCUT2D eigenvalue weighted by molar-refractivity contribution is 5.29. The molecule has 7 nitrogen and oxygen atoms in total. The van der Waals surface area contributed by atoms with Crippen molar-refractivity contribution >= 4 is 5.95 Å². The number of nitrogens with zero attached hydrogens (tertiary/aromatic N) is 4. The third kappa shape index (κ3) is 5.45. The average molecular weight is 388 g/mol. The number of aromatic nitrogens is 3. The summed E-state index contributed by atoms with van der Waals surface area (Å²) in [5.41, 5.74) is 1.35. The quantitative estimate of drug-likeness (QED) is 0.704. The Morgan fingerprint density at radius 3 is 2.75 bits per heavy atom. The predicted molar refractivity (Wildman–Crippen MR) is 111 cm³/mol. The van der Waals surface area contributed by atoms with Crippen molar-refractivity contribution in [2.45, 2.75) is 58.0 Å². The first-order valence-corrected chi connectivity index (χ1v) is 10.5. The number of fused-ring (bicyclic) bond motifs is 1. The Morgan fingerprint density at radius 1 is 1.00 bits per heavy atom. The predicted octanol–water partition coefficient (Wildman–Crippen LogP) is 2.66. The maximum atomic E-state index is 5.97. The summed E-state index contributed by atoms with van der Waals surface area (Å²) in [4.78, 5) is 2.55. The largest absolute Gasteiger partial charge is 0.494 e. The van der Waals surface area contributed by atoms with Crippen molar-refractivity contribution in [1.29, 1.82) is 0 Å². The van der Waals surface area contributed by atoms with Crippen LogP contribution >= 0.6 is 0 Å². The Kier molecular flexibility index (Phi) is 7.68. The van der Waals surface area contributed by atoms with Gasteiger partial charge in [-0.05, 0) is 62.9 Å². The monoisotopic (exact) mass is 387 g/mol. The number of rotatable bonds is 8. The van der Waals surface area contributed by atoms with Crippen LogP contribution in [0.3, 0.4) is 0 Å². The minimum absolute atomic E-state index is 0. The van der Waals surface area contributed by atoms with E-state index in [4.69, 9.17) is 4.74 Å². The topological polar surface area (TPSA) is 86.7 Å². The number of hydrogen-bond acceptors (Lipinski definition) is 5. The van der Waals surface area contributed by atoms with Gasteiger partial charge in [0.1, 0.15) is 11.6 Å². The van der Waals surface area contributed by atoms with Crippen LogP contribution in [0.4, 0.5) is 5.95 Å². The van der Waals surface area contributed by atoms with Gasteiger partial charge in [0.15, 0.2) is 0 Å². The Balaban J connectivity index is 0.00000225. The minimum atomic E-state index is 0. The van der Waals surface area contributed by atoms with Crippen LogP contribution in [-0.2, 0) is 19.5 Å². The molecular weight excluding hydrogens is 354 g/mol. The third-order valence-corrected chi connectivity index (χ3v) is 5.49. The fraction of sp³-hybridized carbons (Fsp3) is 0.619. The van der Waals surface area contributed by atoms with Gasteiger partial charge in [-0.1, -0.05) is 18.6 Å². The summed E-state index contributed by atoms with van der Waals surface area (Å²) < 4.78 is 8.18. The molecule has 0 radical (unpaired) electrons. The molecule has 1 aromatic heterocycles. The zero-order valence-corrected chi connectivity index (χ0v) is 16.7. The zero-order chi connectivity index (χ0) is 18.3. The van der Waals surface area contributed by atoms with E-state index in [1.165, 1.54) is 50.8 Å². The highest BCUT2D eigenvalue weighted by Gasteiger charge is 2.15. The van der Waals surface area contributed by atoms with Crippen molar-refractivity contribution in [2.75, 3.05) is 31.6 Å². The maximum absolute atomic E-state index is 5.97. The molecule has 0 aliphatic carbocycles. The minimum Gasteiger partial charge on any atom is -0.494 e. The third-order valence-electron chi connectivity index (χ3n) is 5.49. The second-order valence-corrected chi connectivity index (χ2v) is 7.66. The highest BCUT2D eigenvalue weighted by atomic mass is 16.5. The van der Waals surface area contributed by atoms with Gasteiger partial charge in [0.25, 0.3) is 0 Å². The van der Waals surface area contributed by atoms with Gasteiger partial charge in [0.05, 0.1) is 6.61 Å². The van der Waals surface area contributed by atoms with Gasteiger partial charge in [0.2, 0.25) is 5.95 Å². The lowest BCUT2D eigenvalue weighted by atomic mass is 10.1. The smallest absolute Gasteiger partial charge is 0.224 e. The lowest BCUT2D eigenvalue weighted by Gasteiger charge is -2.26. The molecule has 0 saturated carbocycles. The molecule has 154 valence electrons. The molecule has 2 aliphatic rings. The van der Waals surface area contributed by atoms with Gasteiger partial charge in [-0.25, -0.2) is 0 Å². The van der Waals surface area contributed by atoms with E-state index in [0.717, 1.165) is 50.0 Å². The van der Waals surface area contributed by atoms with Gasteiger partial charge < -0.3 is 15.5 Å². The number of aryl methyl sites for hydroxylation is 1. The first kappa shape index (κ1) is 20.6. The fourth-order valence-electron chi connectivity index (χ4n) is 4.01. The van der Waals surface area contributed by atoms with Crippen molar-refractivity contribution in [1.82, 2.24) is 19.7 Å². The van der Waals surface area contributed by atoms with E-state index in [0.29, 0.717) is 6.61 Å². The Bertz CT molecular complexity index is 727. The van der Waals surface area contributed by atoms with Crippen LogP contribution in [0.15, 0.2) is 24.3 Å². The van der Waals surface area contributed by atoms with E-state index in [1.54, 1.807) is 0 Å². The molecule has 3 heterocycles. The molecular formula is C21H33N5O2.